The van der Waals surface area contributed by atoms with Crippen LogP contribution in [0.4, 0.5) is 0 Å². The van der Waals surface area contributed by atoms with Crippen LogP contribution in [0.15, 0.2) is 60.7 Å². The van der Waals surface area contributed by atoms with E-state index >= 15 is 0 Å². The third kappa shape index (κ3) is 4.57. The highest BCUT2D eigenvalue weighted by molar-refractivity contribution is 5.91. The van der Waals surface area contributed by atoms with E-state index in [9.17, 15) is 19.5 Å². The maximum Gasteiger partial charge on any atom is 0.326 e. The average molecular weight is 380 g/mol. The lowest BCUT2D eigenvalue weighted by atomic mass is 10.0. The Bertz CT molecular complexity index is 838. The standard InChI is InChI=1S/C22H24N2O4/c1-15(17-10-6-3-7-11-17)24-14-18(13-20(24)25)21(26)23-19(22(27)28)12-16-8-4-2-5-9-16/h2-11,15,18-19H,12-14H2,1H3,(H,23,26)(H,27,28). The van der Waals surface area contributed by atoms with Crippen LogP contribution in [0.25, 0.3) is 0 Å². The third-order valence-electron chi connectivity index (χ3n) is 5.18. The first-order valence-corrected chi connectivity index (χ1v) is 9.37. The molecule has 146 valence electrons. The van der Waals surface area contributed by atoms with Crippen molar-refractivity contribution in [2.24, 2.45) is 5.92 Å². The van der Waals surface area contributed by atoms with Crippen molar-refractivity contribution in [3.05, 3.63) is 71.8 Å². The Morgan fingerprint density at radius 3 is 2.32 bits per heavy atom. The summed E-state index contributed by atoms with van der Waals surface area (Å²) >= 11 is 0. The summed E-state index contributed by atoms with van der Waals surface area (Å²) in [6.45, 7) is 2.22. The minimum Gasteiger partial charge on any atom is -0.480 e. The number of carboxylic acids is 1. The highest BCUT2D eigenvalue weighted by Crippen LogP contribution is 2.28. The zero-order valence-electron chi connectivity index (χ0n) is 15.7. The Hall–Kier alpha value is -3.15. The van der Waals surface area contributed by atoms with Crippen LogP contribution >= 0.6 is 0 Å². The van der Waals surface area contributed by atoms with Crippen LogP contribution < -0.4 is 5.32 Å². The van der Waals surface area contributed by atoms with E-state index in [1.54, 1.807) is 4.90 Å². The van der Waals surface area contributed by atoms with Gasteiger partial charge in [-0.05, 0) is 18.1 Å². The molecule has 6 nitrogen and oxygen atoms in total. The summed E-state index contributed by atoms with van der Waals surface area (Å²) in [7, 11) is 0. The van der Waals surface area contributed by atoms with Crippen molar-refractivity contribution in [1.82, 2.24) is 10.2 Å². The third-order valence-corrected chi connectivity index (χ3v) is 5.18. The summed E-state index contributed by atoms with van der Waals surface area (Å²) in [6.07, 6.45) is 0.299. The lowest BCUT2D eigenvalue weighted by molar-refractivity contribution is -0.142. The zero-order valence-corrected chi connectivity index (χ0v) is 15.7. The van der Waals surface area contributed by atoms with Gasteiger partial charge >= 0.3 is 5.97 Å². The summed E-state index contributed by atoms with van der Waals surface area (Å²) in [6, 6.07) is 17.6. The smallest absolute Gasteiger partial charge is 0.326 e. The number of carbonyl (C=O) groups is 3. The van der Waals surface area contributed by atoms with Crippen LogP contribution in [0, 0.1) is 5.92 Å². The minimum atomic E-state index is -1.09. The second-order valence-electron chi connectivity index (χ2n) is 7.12. The normalized spacial score (nSPS) is 18.5. The number of carboxylic acid groups (broad SMARTS) is 1. The van der Waals surface area contributed by atoms with E-state index in [1.807, 2.05) is 67.6 Å². The number of benzene rings is 2. The molecule has 2 N–H and O–H groups in total. The van der Waals surface area contributed by atoms with Crippen LogP contribution in [0.1, 0.15) is 30.5 Å². The molecule has 1 fully saturated rings. The van der Waals surface area contributed by atoms with Crippen molar-refractivity contribution < 1.29 is 19.5 Å². The summed E-state index contributed by atoms with van der Waals surface area (Å²) in [5.41, 5.74) is 1.83. The van der Waals surface area contributed by atoms with Gasteiger partial charge in [-0.25, -0.2) is 4.79 Å². The fourth-order valence-electron chi connectivity index (χ4n) is 3.53. The Morgan fingerprint density at radius 1 is 1.11 bits per heavy atom. The number of rotatable bonds is 7. The molecule has 1 saturated heterocycles. The molecule has 0 saturated carbocycles. The fourth-order valence-corrected chi connectivity index (χ4v) is 3.53. The van der Waals surface area contributed by atoms with Crippen LogP contribution in [-0.2, 0) is 20.8 Å². The number of nitrogens with zero attached hydrogens (tertiary/aromatic N) is 1. The molecule has 3 atom stereocenters. The van der Waals surface area contributed by atoms with Crippen molar-refractivity contribution in [2.75, 3.05) is 6.54 Å². The van der Waals surface area contributed by atoms with Crippen LogP contribution in [0.2, 0.25) is 0 Å². The summed E-state index contributed by atoms with van der Waals surface area (Å²) < 4.78 is 0. The molecule has 2 aromatic rings. The van der Waals surface area contributed by atoms with Crippen molar-refractivity contribution in [2.45, 2.75) is 31.8 Å². The van der Waals surface area contributed by atoms with E-state index in [4.69, 9.17) is 0 Å². The second-order valence-corrected chi connectivity index (χ2v) is 7.12. The van der Waals surface area contributed by atoms with Crippen molar-refractivity contribution >= 4 is 17.8 Å². The average Bonchev–Trinajstić information content (AvgIpc) is 3.10. The molecule has 6 heteroatoms. The van der Waals surface area contributed by atoms with E-state index in [-0.39, 0.29) is 30.7 Å². The summed E-state index contributed by atoms with van der Waals surface area (Å²) in [5.74, 6) is -2.11. The zero-order chi connectivity index (χ0) is 20.1. The van der Waals surface area contributed by atoms with E-state index < -0.39 is 17.9 Å². The number of nitrogens with one attached hydrogen (secondary N) is 1. The van der Waals surface area contributed by atoms with Crippen molar-refractivity contribution in [1.29, 1.82) is 0 Å². The van der Waals surface area contributed by atoms with Gasteiger partial charge in [0, 0.05) is 19.4 Å². The first kappa shape index (κ1) is 19.6. The molecule has 2 aromatic carbocycles. The van der Waals surface area contributed by atoms with Crippen molar-refractivity contribution in [3.8, 4) is 0 Å². The van der Waals surface area contributed by atoms with E-state index in [0.29, 0.717) is 6.54 Å². The number of carbonyl (C=O) groups excluding carboxylic acids is 2. The molecule has 1 heterocycles. The van der Waals surface area contributed by atoms with Gasteiger partial charge in [0.2, 0.25) is 11.8 Å². The van der Waals surface area contributed by atoms with Gasteiger partial charge in [-0.3, -0.25) is 9.59 Å². The first-order valence-electron chi connectivity index (χ1n) is 9.37. The summed E-state index contributed by atoms with van der Waals surface area (Å²) in [5, 5.41) is 12.1. The molecular weight excluding hydrogens is 356 g/mol. The topological polar surface area (TPSA) is 86.7 Å². The molecule has 1 aliphatic heterocycles. The molecule has 3 rings (SSSR count). The predicted octanol–water partition coefficient (Wildman–Crippen LogP) is 2.41. The molecule has 28 heavy (non-hydrogen) atoms. The van der Waals surface area contributed by atoms with Gasteiger partial charge in [-0.1, -0.05) is 60.7 Å². The Balaban J connectivity index is 1.64. The quantitative estimate of drug-likeness (QED) is 0.772. The van der Waals surface area contributed by atoms with Crippen molar-refractivity contribution in [3.63, 3.8) is 0 Å². The molecular formula is C22H24N2O4. The highest BCUT2D eigenvalue weighted by Gasteiger charge is 2.38. The largest absolute Gasteiger partial charge is 0.480 e. The number of hydrogen-bond donors (Lipinski definition) is 2. The maximum atomic E-state index is 12.6. The van der Waals surface area contributed by atoms with Gasteiger partial charge in [-0.15, -0.1) is 0 Å². The molecule has 0 radical (unpaired) electrons. The maximum absolute atomic E-state index is 12.6. The molecule has 2 amide bonds. The predicted molar refractivity (Wildman–Crippen MR) is 104 cm³/mol. The van der Waals surface area contributed by atoms with Gasteiger partial charge < -0.3 is 15.3 Å². The van der Waals surface area contributed by atoms with Gasteiger partial charge in [0.15, 0.2) is 0 Å². The van der Waals surface area contributed by atoms with Crippen LogP contribution in [-0.4, -0.2) is 40.4 Å². The Kier molecular flexibility index (Phi) is 6.09. The van der Waals surface area contributed by atoms with Gasteiger partial charge in [0.05, 0.1) is 12.0 Å². The minimum absolute atomic E-state index is 0.0913. The lowest BCUT2D eigenvalue weighted by Gasteiger charge is -2.25. The summed E-state index contributed by atoms with van der Waals surface area (Å²) in [4.78, 5) is 38.4. The molecule has 0 aliphatic carbocycles. The molecule has 0 aromatic heterocycles. The molecule has 3 unspecified atom stereocenters. The molecule has 0 bridgehead atoms. The second kappa shape index (κ2) is 8.69. The first-order chi connectivity index (χ1) is 13.5. The van der Waals surface area contributed by atoms with E-state index in [1.165, 1.54) is 0 Å². The number of hydrogen-bond acceptors (Lipinski definition) is 3. The highest BCUT2D eigenvalue weighted by atomic mass is 16.4. The monoisotopic (exact) mass is 380 g/mol. The van der Waals surface area contributed by atoms with E-state index in [0.717, 1.165) is 11.1 Å². The Morgan fingerprint density at radius 2 is 1.71 bits per heavy atom. The Labute approximate surface area is 164 Å². The van der Waals surface area contributed by atoms with Crippen LogP contribution in [0.3, 0.4) is 0 Å². The van der Waals surface area contributed by atoms with E-state index in [2.05, 4.69) is 5.32 Å². The van der Waals surface area contributed by atoms with Gasteiger partial charge in [0.25, 0.3) is 0 Å². The lowest BCUT2D eigenvalue weighted by Crippen LogP contribution is -2.45. The molecule has 0 spiro atoms. The number of likely N-dealkylation sites (tertiary alicyclic amines) is 1. The number of amides is 2. The number of aliphatic carboxylic acids is 1. The fraction of sp³-hybridized carbons (Fsp3) is 0.318. The molecule has 1 aliphatic rings. The van der Waals surface area contributed by atoms with Gasteiger partial charge in [0.1, 0.15) is 6.04 Å². The van der Waals surface area contributed by atoms with Gasteiger partial charge in [-0.2, -0.15) is 0 Å². The van der Waals surface area contributed by atoms with Crippen LogP contribution in [0.5, 0.6) is 0 Å². The SMILES string of the molecule is CC(c1ccccc1)N1CC(C(=O)NC(Cc2ccccc2)C(=O)O)CC1=O.